The van der Waals surface area contributed by atoms with E-state index in [9.17, 15) is 14.4 Å². The van der Waals surface area contributed by atoms with E-state index in [0.29, 0.717) is 0 Å². The van der Waals surface area contributed by atoms with Crippen LogP contribution in [0.1, 0.15) is 6.42 Å². The molecular formula is C6H10N2O4. The van der Waals surface area contributed by atoms with Crippen LogP contribution in [0, 0.1) is 0 Å². The van der Waals surface area contributed by atoms with Crippen LogP contribution in [0.4, 0.5) is 0 Å². The van der Waals surface area contributed by atoms with Gasteiger partial charge in [0.1, 0.15) is 6.04 Å². The molecule has 0 radical (unpaired) electrons. The molecule has 0 spiro atoms. The van der Waals surface area contributed by atoms with E-state index < -0.39 is 36.5 Å². The summed E-state index contributed by atoms with van der Waals surface area (Å²) in [5.41, 5.74) is 9.86. The maximum Gasteiger partial charge on any atom is 0.320 e. The van der Waals surface area contributed by atoms with Gasteiger partial charge in [-0.1, -0.05) is 0 Å². The highest BCUT2D eigenvalue weighted by atomic mass is 16.4. The number of Topliss-reactive ketones (excluding diaryl/α,β-unsaturated/α-hetero) is 2. The first kappa shape index (κ1) is 10.7. The highest BCUT2D eigenvalue weighted by molar-refractivity contribution is 6.38. The molecule has 0 fully saturated rings. The van der Waals surface area contributed by atoms with Crippen LogP contribution in [-0.4, -0.2) is 35.2 Å². The van der Waals surface area contributed by atoms with E-state index in [1.807, 2.05) is 0 Å². The quantitative estimate of drug-likeness (QED) is 0.409. The minimum absolute atomic E-state index is 0.412. The minimum Gasteiger partial charge on any atom is -0.480 e. The van der Waals surface area contributed by atoms with Gasteiger partial charge < -0.3 is 16.6 Å². The molecule has 1 unspecified atom stereocenters. The molecule has 12 heavy (non-hydrogen) atoms. The van der Waals surface area contributed by atoms with E-state index >= 15 is 0 Å². The summed E-state index contributed by atoms with van der Waals surface area (Å²) in [4.78, 5) is 31.4. The third-order valence-electron chi connectivity index (χ3n) is 1.22. The van der Waals surface area contributed by atoms with Gasteiger partial charge in [-0.05, 0) is 0 Å². The maximum absolute atomic E-state index is 10.7. The molecule has 5 N–H and O–H groups in total. The summed E-state index contributed by atoms with van der Waals surface area (Å²) in [5, 5.41) is 8.27. The van der Waals surface area contributed by atoms with Crippen molar-refractivity contribution in [2.75, 3.05) is 6.54 Å². The van der Waals surface area contributed by atoms with Gasteiger partial charge in [0.2, 0.25) is 11.6 Å². The summed E-state index contributed by atoms with van der Waals surface area (Å²) in [7, 11) is 0. The van der Waals surface area contributed by atoms with Crippen molar-refractivity contribution < 1.29 is 19.5 Å². The minimum atomic E-state index is -1.33. The molecule has 1 atom stereocenters. The second kappa shape index (κ2) is 4.58. The predicted octanol–water partition coefficient (Wildman–Crippen LogP) is -2.11. The fourth-order valence-electron chi connectivity index (χ4n) is 0.515. The number of nitrogens with two attached hydrogens (primary N) is 2. The molecule has 0 aliphatic rings. The Bertz CT molecular complexity index is 214. The Morgan fingerprint density at radius 1 is 1.25 bits per heavy atom. The summed E-state index contributed by atoms with van der Waals surface area (Å²) in [6.45, 7) is -0.412. The highest BCUT2D eigenvalue weighted by Crippen LogP contribution is 1.90. The molecule has 0 rings (SSSR count). The fraction of sp³-hybridized carbons (Fsp3) is 0.500. The van der Waals surface area contributed by atoms with Gasteiger partial charge in [0.05, 0.1) is 6.54 Å². The molecule has 0 aliphatic heterocycles. The van der Waals surface area contributed by atoms with Gasteiger partial charge in [-0.3, -0.25) is 14.4 Å². The zero-order valence-electron chi connectivity index (χ0n) is 6.32. The van der Waals surface area contributed by atoms with Gasteiger partial charge in [-0.25, -0.2) is 0 Å². The molecule has 6 nitrogen and oxygen atoms in total. The number of aliphatic carboxylic acids is 1. The van der Waals surface area contributed by atoms with Crippen LogP contribution >= 0.6 is 0 Å². The Kier molecular flexibility index (Phi) is 4.09. The van der Waals surface area contributed by atoms with E-state index in [1.54, 1.807) is 0 Å². The van der Waals surface area contributed by atoms with Crippen LogP contribution < -0.4 is 11.5 Å². The summed E-state index contributed by atoms with van der Waals surface area (Å²) in [6, 6.07) is -1.33. The summed E-state index contributed by atoms with van der Waals surface area (Å²) in [6.07, 6.45) is -0.495. The Hall–Kier alpha value is -1.27. The average molecular weight is 174 g/mol. The Morgan fingerprint density at radius 2 is 1.75 bits per heavy atom. The lowest BCUT2D eigenvalue weighted by Gasteiger charge is -2.02. The first-order chi connectivity index (χ1) is 5.49. The van der Waals surface area contributed by atoms with Crippen molar-refractivity contribution in [1.29, 1.82) is 0 Å². The first-order valence-corrected chi connectivity index (χ1v) is 3.23. The number of hydrogen-bond acceptors (Lipinski definition) is 5. The van der Waals surface area contributed by atoms with Gasteiger partial charge in [0, 0.05) is 6.42 Å². The molecular weight excluding hydrogens is 164 g/mol. The highest BCUT2D eigenvalue weighted by Gasteiger charge is 2.20. The topological polar surface area (TPSA) is 123 Å². The number of hydrogen-bond donors (Lipinski definition) is 3. The fourth-order valence-corrected chi connectivity index (χ4v) is 0.515. The van der Waals surface area contributed by atoms with Gasteiger partial charge in [0.15, 0.2) is 0 Å². The molecule has 0 aromatic heterocycles. The van der Waals surface area contributed by atoms with Crippen LogP contribution in [0.2, 0.25) is 0 Å². The number of carboxylic acids is 1. The number of carbonyl (C=O) groups is 3. The third kappa shape index (κ3) is 3.22. The first-order valence-electron chi connectivity index (χ1n) is 3.23. The molecule has 0 heterocycles. The summed E-state index contributed by atoms with van der Waals surface area (Å²) < 4.78 is 0. The third-order valence-corrected chi connectivity index (χ3v) is 1.22. The van der Waals surface area contributed by atoms with E-state index in [1.165, 1.54) is 0 Å². The van der Waals surface area contributed by atoms with E-state index in [2.05, 4.69) is 0 Å². The van der Waals surface area contributed by atoms with Crippen LogP contribution in [0.5, 0.6) is 0 Å². The molecule has 0 saturated heterocycles. The summed E-state index contributed by atoms with van der Waals surface area (Å²) >= 11 is 0. The molecule has 6 heteroatoms. The number of ketones is 2. The van der Waals surface area contributed by atoms with Crippen LogP contribution in [0.25, 0.3) is 0 Å². The van der Waals surface area contributed by atoms with E-state index in [-0.39, 0.29) is 0 Å². The molecule has 68 valence electrons. The monoisotopic (exact) mass is 174 g/mol. The van der Waals surface area contributed by atoms with Crippen LogP contribution in [0.15, 0.2) is 0 Å². The lowest BCUT2D eigenvalue weighted by Crippen LogP contribution is -2.36. The second-order valence-corrected chi connectivity index (χ2v) is 2.20. The molecule has 0 aromatic rings. The SMILES string of the molecule is NCC(=O)C(=O)CC(N)C(=O)O. The van der Waals surface area contributed by atoms with E-state index in [0.717, 1.165) is 0 Å². The lowest BCUT2D eigenvalue weighted by atomic mass is 10.1. The second-order valence-electron chi connectivity index (χ2n) is 2.20. The molecule has 0 bridgehead atoms. The largest absolute Gasteiger partial charge is 0.480 e. The average Bonchev–Trinajstić information content (AvgIpc) is 2.02. The van der Waals surface area contributed by atoms with Crippen molar-refractivity contribution in [3.8, 4) is 0 Å². The summed E-state index contributed by atoms with van der Waals surface area (Å²) in [5.74, 6) is -2.95. The Morgan fingerprint density at radius 3 is 2.08 bits per heavy atom. The Labute approximate surface area is 68.5 Å². The normalized spacial score (nSPS) is 12.2. The molecule has 0 amide bonds. The zero-order valence-corrected chi connectivity index (χ0v) is 6.32. The van der Waals surface area contributed by atoms with Crippen LogP contribution in [-0.2, 0) is 14.4 Å². The number of carbonyl (C=O) groups excluding carboxylic acids is 2. The van der Waals surface area contributed by atoms with Crippen molar-refractivity contribution >= 4 is 17.5 Å². The van der Waals surface area contributed by atoms with Gasteiger partial charge >= 0.3 is 5.97 Å². The van der Waals surface area contributed by atoms with Crippen molar-refractivity contribution in [1.82, 2.24) is 0 Å². The van der Waals surface area contributed by atoms with Gasteiger partial charge in [-0.15, -0.1) is 0 Å². The van der Waals surface area contributed by atoms with Crippen molar-refractivity contribution in [3.63, 3.8) is 0 Å². The standard InChI is InChI=1S/C6H10N2O4/c7-2-5(10)4(9)1-3(8)6(11)12/h3H,1-2,7-8H2,(H,11,12). The number of carboxylic acid groups (broad SMARTS) is 1. The molecule has 0 aliphatic carbocycles. The van der Waals surface area contributed by atoms with Crippen molar-refractivity contribution in [2.45, 2.75) is 12.5 Å². The Balaban J connectivity index is 4.01. The van der Waals surface area contributed by atoms with Crippen molar-refractivity contribution in [3.05, 3.63) is 0 Å². The van der Waals surface area contributed by atoms with Crippen LogP contribution in [0.3, 0.4) is 0 Å². The maximum atomic E-state index is 10.7. The van der Waals surface area contributed by atoms with E-state index in [4.69, 9.17) is 16.6 Å². The van der Waals surface area contributed by atoms with Gasteiger partial charge in [0.25, 0.3) is 0 Å². The predicted molar refractivity (Wildman–Crippen MR) is 39.3 cm³/mol. The lowest BCUT2D eigenvalue weighted by molar-refractivity contribution is -0.141. The zero-order chi connectivity index (χ0) is 9.72. The molecule has 0 saturated carbocycles. The smallest absolute Gasteiger partial charge is 0.320 e. The van der Waals surface area contributed by atoms with Crippen molar-refractivity contribution in [2.24, 2.45) is 11.5 Å². The van der Waals surface area contributed by atoms with Gasteiger partial charge in [-0.2, -0.15) is 0 Å². The molecule has 0 aromatic carbocycles. The number of rotatable bonds is 5.